The summed E-state index contributed by atoms with van der Waals surface area (Å²) in [5.74, 6) is -0.0461. The van der Waals surface area contributed by atoms with E-state index < -0.39 is 0 Å². The van der Waals surface area contributed by atoms with E-state index in [-0.39, 0.29) is 18.0 Å². The second kappa shape index (κ2) is 5.06. The molecule has 3 aromatic rings. The summed E-state index contributed by atoms with van der Waals surface area (Å²) in [6.07, 6.45) is 7.76. The molecule has 0 radical (unpaired) electrons. The second-order valence-electron chi connectivity index (χ2n) is 6.33. The normalized spacial score (nSPS) is 21.8. The van der Waals surface area contributed by atoms with E-state index in [2.05, 4.69) is 19.9 Å². The molecule has 1 aromatic carbocycles. The first kappa shape index (κ1) is 13.5. The van der Waals surface area contributed by atoms with Gasteiger partial charge in [0.1, 0.15) is 12.0 Å². The highest BCUT2D eigenvalue weighted by Gasteiger charge is 2.43. The fraction of sp³-hybridized carbons (Fsp3) is 0.278. The third-order valence-electron chi connectivity index (χ3n) is 5.02. The SMILES string of the molecule is O=C(c1cnc2ccccc2n1)N1[C@H]2CC[C@H]1c1cncnc1C2. The minimum absolute atomic E-state index is 0.0461. The molecule has 0 unspecified atom stereocenters. The lowest BCUT2D eigenvalue weighted by Crippen LogP contribution is -2.42. The van der Waals surface area contributed by atoms with Crippen LogP contribution in [-0.4, -0.2) is 36.8 Å². The van der Waals surface area contributed by atoms with Gasteiger partial charge >= 0.3 is 0 Å². The Morgan fingerprint density at radius 3 is 2.88 bits per heavy atom. The van der Waals surface area contributed by atoms with E-state index in [4.69, 9.17) is 0 Å². The molecule has 2 aliphatic heterocycles. The summed E-state index contributed by atoms with van der Waals surface area (Å²) < 4.78 is 0. The van der Waals surface area contributed by atoms with Gasteiger partial charge < -0.3 is 4.90 Å². The fourth-order valence-electron chi connectivity index (χ4n) is 3.93. The van der Waals surface area contributed by atoms with Gasteiger partial charge in [0.2, 0.25) is 0 Å². The molecule has 4 heterocycles. The van der Waals surface area contributed by atoms with Crippen LogP contribution < -0.4 is 0 Å². The third kappa shape index (κ3) is 1.92. The highest BCUT2D eigenvalue weighted by atomic mass is 16.2. The van der Waals surface area contributed by atoms with Crippen LogP contribution in [0.3, 0.4) is 0 Å². The Balaban J connectivity index is 1.55. The summed E-state index contributed by atoms with van der Waals surface area (Å²) in [4.78, 5) is 32.5. The maximum atomic E-state index is 13.1. The van der Waals surface area contributed by atoms with Crippen LogP contribution in [0.15, 0.2) is 43.0 Å². The van der Waals surface area contributed by atoms with Crippen LogP contribution in [0.4, 0.5) is 0 Å². The van der Waals surface area contributed by atoms with Crippen molar-refractivity contribution >= 4 is 16.9 Å². The highest BCUT2D eigenvalue weighted by molar-refractivity contribution is 5.94. The monoisotopic (exact) mass is 317 g/mol. The fourth-order valence-corrected chi connectivity index (χ4v) is 3.93. The van der Waals surface area contributed by atoms with E-state index in [1.807, 2.05) is 35.4 Å². The lowest BCUT2D eigenvalue weighted by atomic mass is 9.99. The Labute approximate surface area is 138 Å². The highest BCUT2D eigenvalue weighted by Crippen LogP contribution is 2.43. The molecule has 0 saturated carbocycles. The molecule has 1 saturated heterocycles. The topological polar surface area (TPSA) is 71.9 Å². The van der Waals surface area contributed by atoms with Gasteiger partial charge in [0, 0.05) is 24.2 Å². The maximum absolute atomic E-state index is 13.1. The molecule has 2 bridgehead atoms. The summed E-state index contributed by atoms with van der Waals surface area (Å²) in [7, 11) is 0. The Bertz CT molecular complexity index is 957. The predicted octanol–water partition coefficient (Wildman–Crippen LogP) is 2.32. The lowest BCUT2D eigenvalue weighted by Gasteiger charge is -2.35. The van der Waals surface area contributed by atoms with Gasteiger partial charge in [-0.25, -0.2) is 15.0 Å². The number of benzene rings is 1. The molecule has 0 N–H and O–H groups in total. The number of hydrogen-bond acceptors (Lipinski definition) is 5. The van der Waals surface area contributed by atoms with E-state index in [1.165, 1.54) is 0 Å². The quantitative estimate of drug-likeness (QED) is 0.689. The van der Waals surface area contributed by atoms with Crippen molar-refractivity contribution in [3.05, 3.63) is 59.9 Å². The minimum Gasteiger partial charge on any atom is -0.327 e. The first-order valence-corrected chi connectivity index (χ1v) is 8.14. The molecule has 1 amide bonds. The number of rotatable bonds is 1. The van der Waals surface area contributed by atoms with Crippen LogP contribution in [0.2, 0.25) is 0 Å². The van der Waals surface area contributed by atoms with Gasteiger partial charge in [-0.2, -0.15) is 0 Å². The number of nitrogens with zero attached hydrogens (tertiary/aromatic N) is 5. The summed E-state index contributed by atoms with van der Waals surface area (Å²) in [5.41, 5.74) is 4.11. The van der Waals surface area contributed by atoms with E-state index in [0.717, 1.165) is 41.6 Å². The number of para-hydroxylation sites is 2. The van der Waals surface area contributed by atoms with Crippen LogP contribution >= 0.6 is 0 Å². The number of amides is 1. The van der Waals surface area contributed by atoms with E-state index >= 15 is 0 Å². The Morgan fingerprint density at radius 1 is 1.08 bits per heavy atom. The zero-order valence-electron chi connectivity index (χ0n) is 13.0. The molecule has 1 fully saturated rings. The molecule has 2 aliphatic rings. The number of hydrogen-bond donors (Lipinski definition) is 0. The van der Waals surface area contributed by atoms with Crippen LogP contribution in [0.1, 0.15) is 40.6 Å². The first-order valence-electron chi connectivity index (χ1n) is 8.14. The summed E-state index contributed by atoms with van der Waals surface area (Å²) in [5, 5.41) is 0. The van der Waals surface area contributed by atoms with Gasteiger partial charge in [-0.15, -0.1) is 0 Å². The standard InChI is InChI=1S/C18H15N5O/c24-18(16-9-20-13-3-1-2-4-14(13)22-16)23-11-5-6-17(23)12-8-19-10-21-15(12)7-11/h1-4,8-11,17H,5-7H2/t11-,17-/m0/s1. The molecule has 0 aliphatic carbocycles. The molecule has 24 heavy (non-hydrogen) atoms. The maximum Gasteiger partial charge on any atom is 0.274 e. The van der Waals surface area contributed by atoms with Crippen molar-refractivity contribution in [3.8, 4) is 0 Å². The minimum atomic E-state index is -0.0461. The van der Waals surface area contributed by atoms with Crippen molar-refractivity contribution in [1.29, 1.82) is 0 Å². The van der Waals surface area contributed by atoms with Crippen LogP contribution in [-0.2, 0) is 6.42 Å². The predicted molar refractivity (Wildman–Crippen MR) is 87.2 cm³/mol. The van der Waals surface area contributed by atoms with Gasteiger partial charge in [-0.3, -0.25) is 9.78 Å². The zero-order valence-corrected chi connectivity index (χ0v) is 13.0. The Morgan fingerprint density at radius 2 is 1.96 bits per heavy atom. The van der Waals surface area contributed by atoms with E-state index in [0.29, 0.717) is 5.69 Å². The Kier molecular flexibility index (Phi) is 2.85. The van der Waals surface area contributed by atoms with Gasteiger partial charge in [0.15, 0.2) is 0 Å². The number of carbonyl (C=O) groups is 1. The van der Waals surface area contributed by atoms with Crippen molar-refractivity contribution in [1.82, 2.24) is 24.8 Å². The molecular weight excluding hydrogens is 302 g/mol. The Hall–Kier alpha value is -2.89. The van der Waals surface area contributed by atoms with Crippen molar-refractivity contribution in [2.75, 3.05) is 0 Å². The van der Waals surface area contributed by atoms with E-state index in [1.54, 1.807) is 12.5 Å². The van der Waals surface area contributed by atoms with Crippen molar-refractivity contribution in [3.63, 3.8) is 0 Å². The van der Waals surface area contributed by atoms with Crippen molar-refractivity contribution < 1.29 is 4.79 Å². The first-order chi connectivity index (χ1) is 11.8. The number of fused-ring (bicyclic) bond motifs is 5. The van der Waals surface area contributed by atoms with Gasteiger partial charge in [0.05, 0.1) is 29.0 Å². The van der Waals surface area contributed by atoms with Gasteiger partial charge in [-0.1, -0.05) is 12.1 Å². The number of carbonyl (C=O) groups excluding carboxylic acids is 1. The zero-order chi connectivity index (χ0) is 16.1. The summed E-state index contributed by atoms with van der Waals surface area (Å²) in [6.45, 7) is 0. The lowest BCUT2D eigenvalue weighted by molar-refractivity contribution is 0.0637. The molecule has 2 aromatic heterocycles. The average molecular weight is 317 g/mol. The molecule has 2 atom stereocenters. The number of aromatic nitrogens is 4. The molecule has 0 spiro atoms. The molecule has 5 rings (SSSR count). The third-order valence-corrected chi connectivity index (χ3v) is 5.02. The van der Waals surface area contributed by atoms with E-state index in [9.17, 15) is 4.79 Å². The van der Waals surface area contributed by atoms with Gasteiger partial charge in [0.25, 0.3) is 5.91 Å². The average Bonchev–Trinajstić information content (AvgIpc) is 2.95. The summed E-state index contributed by atoms with van der Waals surface area (Å²) in [6, 6.07) is 7.85. The smallest absolute Gasteiger partial charge is 0.274 e. The van der Waals surface area contributed by atoms with Crippen LogP contribution in [0, 0.1) is 0 Å². The van der Waals surface area contributed by atoms with Crippen LogP contribution in [0.5, 0.6) is 0 Å². The van der Waals surface area contributed by atoms with Crippen molar-refractivity contribution in [2.24, 2.45) is 0 Å². The molecular formula is C18H15N5O. The largest absolute Gasteiger partial charge is 0.327 e. The second-order valence-corrected chi connectivity index (χ2v) is 6.33. The summed E-state index contributed by atoms with van der Waals surface area (Å²) >= 11 is 0. The molecule has 118 valence electrons. The molecule has 6 heteroatoms. The van der Waals surface area contributed by atoms with Crippen LogP contribution in [0.25, 0.3) is 11.0 Å². The molecule has 6 nitrogen and oxygen atoms in total. The van der Waals surface area contributed by atoms with Crippen molar-refractivity contribution in [2.45, 2.75) is 31.3 Å². The van der Waals surface area contributed by atoms with Gasteiger partial charge in [-0.05, 0) is 25.0 Å².